The summed E-state index contributed by atoms with van der Waals surface area (Å²) in [5.74, 6) is -2.85. The van der Waals surface area contributed by atoms with Crippen molar-refractivity contribution in [2.24, 2.45) is 0 Å². The average molecular weight is 578 g/mol. The Morgan fingerprint density at radius 1 is 1.18 bits per heavy atom. The van der Waals surface area contributed by atoms with Gasteiger partial charge >= 0.3 is 0 Å². The largest absolute Gasteiger partial charge is 0.507 e. The summed E-state index contributed by atoms with van der Waals surface area (Å²) in [5, 5.41) is 9.69. The van der Waals surface area contributed by atoms with Crippen LogP contribution in [0.2, 0.25) is 5.02 Å². The minimum absolute atomic E-state index is 0.161. The zero-order valence-corrected chi connectivity index (χ0v) is 22.7. The first-order chi connectivity index (χ1) is 18.4. The number of anilines is 2. The number of phenolic OH excluding ortho intramolecular Hbond substituents is 1. The van der Waals surface area contributed by atoms with Crippen LogP contribution >= 0.6 is 11.6 Å². The van der Waals surface area contributed by atoms with Gasteiger partial charge in [-0.2, -0.15) is 4.98 Å². The topological polar surface area (TPSA) is 116 Å². The van der Waals surface area contributed by atoms with Crippen LogP contribution in [0.4, 0.5) is 20.5 Å². The molecule has 3 aromatic rings. The molecule has 1 saturated heterocycles. The van der Waals surface area contributed by atoms with Gasteiger partial charge in [-0.05, 0) is 51.0 Å². The fourth-order valence-electron chi connectivity index (χ4n) is 4.87. The van der Waals surface area contributed by atoms with Crippen LogP contribution in [-0.4, -0.2) is 64.7 Å². The number of sulfonamides is 1. The highest BCUT2D eigenvalue weighted by atomic mass is 35.5. The predicted molar refractivity (Wildman–Crippen MR) is 145 cm³/mol. The molecular formula is C26H26ClF2N5O4S. The third-order valence-corrected chi connectivity index (χ3v) is 9.13. The van der Waals surface area contributed by atoms with Crippen molar-refractivity contribution in [2.75, 3.05) is 22.7 Å². The molecule has 206 valence electrons. The van der Waals surface area contributed by atoms with E-state index in [9.17, 15) is 22.7 Å². The van der Waals surface area contributed by atoms with E-state index in [-0.39, 0.29) is 52.2 Å². The molecule has 2 fully saturated rings. The molecule has 0 radical (unpaired) electrons. The Kier molecular flexibility index (Phi) is 6.88. The Morgan fingerprint density at radius 2 is 1.90 bits per heavy atom. The van der Waals surface area contributed by atoms with E-state index < -0.39 is 43.8 Å². The number of aromatic nitrogens is 2. The monoisotopic (exact) mass is 577 g/mol. The van der Waals surface area contributed by atoms with Crippen molar-refractivity contribution in [3.63, 3.8) is 0 Å². The standard InChI is InChI=1S/C26H26ClF2N5O4S/c1-4-20(36)33-11-14(3)34(12-13(33)2)25-16-10-17(27)21(22-18(28)6-5-7-19(22)35)23(29)24(16)30-26(31-25)32-39(37,38)15-8-9-15/h4-7,10,13-15,35H,1,8-9,11-12H2,2-3H3,(H,30,31,32)/t13-,14+/m1/s1. The van der Waals surface area contributed by atoms with Gasteiger partial charge in [0.2, 0.25) is 21.9 Å². The van der Waals surface area contributed by atoms with Crippen molar-refractivity contribution in [1.29, 1.82) is 0 Å². The third kappa shape index (κ3) is 4.87. The van der Waals surface area contributed by atoms with Crippen LogP contribution in [0.25, 0.3) is 22.0 Å². The van der Waals surface area contributed by atoms with Crippen molar-refractivity contribution >= 4 is 50.2 Å². The Bertz CT molecular complexity index is 1600. The lowest BCUT2D eigenvalue weighted by Crippen LogP contribution is -2.58. The van der Waals surface area contributed by atoms with Crippen LogP contribution in [0.3, 0.4) is 0 Å². The Balaban J connectivity index is 1.71. The van der Waals surface area contributed by atoms with E-state index in [1.165, 1.54) is 24.3 Å². The second kappa shape index (κ2) is 9.91. The molecular weight excluding hydrogens is 552 g/mol. The highest BCUT2D eigenvalue weighted by molar-refractivity contribution is 7.93. The van der Waals surface area contributed by atoms with Crippen LogP contribution < -0.4 is 9.62 Å². The molecule has 2 atom stereocenters. The van der Waals surface area contributed by atoms with Gasteiger partial charge in [-0.25, -0.2) is 22.2 Å². The molecule has 1 aliphatic carbocycles. The van der Waals surface area contributed by atoms with Gasteiger partial charge in [-0.15, -0.1) is 0 Å². The Morgan fingerprint density at radius 3 is 2.54 bits per heavy atom. The van der Waals surface area contributed by atoms with E-state index in [4.69, 9.17) is 11.6 Å². The quantitative estimate of drug-likeness (QED) is 0.416. The number of phenols is 1. The lowest BCUT2D eigenvalue weighted by atomic mass is 10.00. The fourth-order valence-corrected chi connectivity index (χ4v) is 6.42. The molecule has 5 rings (SSSR count). The smallest absolute Gasteiger partial charge is 0.246 e. The predicted octanol–water partition coefficient (Wildman–Crippen LogP) is 4.45. The second-order valence-electron chi connectivity index (χ2n) is 9.84. The summed E-state index contributed by atoms with van der Waals surface area (Å²) in [6.45, 7) is 7.83. The molecule has 2 N–H and O–H groups in total. The van der Waals surface area contributed by atoms with Crippen LogP contribution in [0, 0.1) is 11.6 Å². The molecule has 0 spiro atoms. The summed E-state index contributed by atoms with van der Waals surface area (Å²) in [4.78, 5) is 24.5. The summed E-state index contributed by atoms with van der Waals surface area (Å²) in [6.07, 6.45) is 2.22. The molecule has 39 heavy (non-hydrogen) atoms. The highest BCUT2D eigenvalue weighted by Crippen LogP contribution is 2.43. The molecule has 1 saturated carbocycles. The summed E-state index contributed by atoms with van der Waals surface area (Å²) in [7, 11) is -3.81. The second-order valence-corrected chi connectivity index (χ2v) is 12.2. The number of nitrogens with one attached hydrogen (secondary N) is 1. The number of carbonyl (C=O) groups excluding carboxylic acids is 1. The Labute approximate surface area is 229 Å². The van der Waals surface area contributed by atoms with Crippen molar-refractivity contribution in [3.05, 3.63) is 53.6 Å². The van der Waals surface area contributed by atoms with Crippen molar-refractivity contribution in [1.82, 2.24) is 14.9 Å². The SMILES string of the molecule is C=CC(=O)N1C[C@H](C)N(c2nc(NS(=O)(=O)C3CC3)nc3c(F)c(-c4c(O)cccc4F)c(Cl)cc23)C[C@H]1C. The fraction of sp³-hybridized carbons (Fsp3) is 0.346. The van der Waals surface area contributed by atoms with E-state index in [1.807, 2.05) is 18.7 Å². The maximum absolute atomic E-state index is 16.2. The van der Waals surface area contributed by atoms with Gasteiger partial charge in [0.1, 0.15) is 22.9 Å². The number of rotatable bonds is 6. The lowest BCUT2D eigenvalue weighted by molar-refractivity contribution is -0.128. The lowest BCUT2D eigenvalue weighted by Gasteiger charge is -2.44. The number of benzene rings is 2. The normalized spacial score (nSPS) is 19.8. The van der Waals surface area contributed by atoms with Gasteiger partial charge in [0, 0.05) is 36.1 Å². The minimum Gasteiger partial charge on any atom is -0.507 e. The molecule has 1 aromatic heterocycles. The number of aromatic hydroxyl groups is 1. The van der Waals surface area contributed by atoms with Crippen molar-refractivity contribution in [2.45, 2.75) is 44.0 Å². The maximum atomic E-state index is 16.2. The number of amides is 1. The van der Waals surface area contributed by atoms with Crippen LogP contribution in [0.5, 0.6) is 5.75 Å². The Hall–Kier alpha value is -3.51. The van der Waals surface area contributed by atoms with E-state index in [0.717, 1.165) is 6.07 Å². The van der Waals surface area contributed by atoms with Crippen LogP contribution in [-0.2, 0) is 14.8 Å². The summed E-state index contributed by atoms with van der Waals surface area (Å²) in [6, 6.07) is 4.31. The highest BCUT2D eigenvalue weighted by Gasteiger charge is 2.38. The molecule has 2 heterocycles. The first-order valence-corrected chi connectivity index (χ1v) is 14.2. The molecule has 2 aliphatic rings. The number of carbonyl (C=O) groups is 1. The first-order valence-electron chi connectivity index (χ1n) is 12.3. The summed E-state index contributed by atoms with van der Waals surface area (Å²) in [5.41, 5.74) is -1.16. The van der Waals surface area contributed by atoms with Gasteiger partial charge in [-0.3, -0.25) is 9.52 Å². The molecule has 0 bridgehead atoms. The van der Waals surface area contributed by atoms with Gasteiger partial charge in [0.05, 0.1) is 15.8 Å². The summed E-state index contributed by atoms with van der Waals surface area (Å²) < 4.78 is 58.7. The third-order valence-electron chi connectivity index (χ3n) is 7.02. The average Bonchev–Trinajstić information content (AvgIpc) is 3.73. The molecule has 1 aliphatic heterocycles. The van der Waals surface area contributed by atoms with Crippen molar-refractivity contribution in [3.8, 4) is 16.9 Å². The zero-order valence-electron chi connectivity index (χ0n) is 21.2. The van der Waals surface area contributed by atoms with E-state index >= 15 is 4.39 Å². The maximum Gasteiger partial charge on any atom is 0.246 e. The van der Waals surface area contributed by atoms with Crippen molar-refractivity contribution < 1.29 is 27.1 Å². The number of hydrogen-bond acceptors (Lipinski definition) is 7. The van der Waals surface area contributed by atoms with Gasteiger partial charge < -0.3 is 14.9 Å². The summed E-state index contributed by atoms with van der Waals surface area (Å²) >= 11 is 6.48. The number of nitrogens with zero attached hydrogens (tertiary/aromatic N) is 4. The van der Waals surface area contributed by atoms with Gasteiger partial charge in [-0.1, -0.05) is 24.2 Å². The van der Waals surface area contributed by atoms with E-state index in [1.54, 1.807) is 4.90 Å². The molecule has 1 amide bonds. The minimum atomic E-state index is -3.81. The number of piperazine rings is 1. The van der Waals surface area contributed by atoms with E-state index in [2.05, 4.69) is 21.3 Å². The number of halogens is 3. The molecule has 0 unspecified atom stereocenters. The molecule has 13 heteroatoms. The van der Waals surface area contributed by atoms with Crippen LogP contribution in [0.1, 0.15) is 26.7 Å². The number of hydrogen-bond donors (Lipinski definition) is 2. The zero-order chi connectivity index (χ0) is 28.2. The number of fused-ring (bicyclic) bond motifs is 1. The van der Waals surface area contributed by atoms with Crippen LogP contribution in [0.15, 0.2) is 36.9 Å². The van der Waals surface area contributed by atoms with E-state index in [0.29, 0.717) is 19.4 Å². The van der Waals surface area contributed by atoms with Gasteiger partial charge in [0.25, 0.3) is 0 Å². The first kappa shape index (κ1) is 27.1. The molecule has 2 aromatic carbocycles. The van der Waals surface area contributed by atoms with Gasteiger partial charge in [0.15, 0.2) is 5.82 Å². The molecule has 9 nitrogen and oxygen atoms in total.